The fraction of sp³-hybridized carbons (Fsp3) is 0.500. The number of benzene rings is 1. The Bertz CT molecular complexity index is 638. The molecule has 0 heterocycles. The van der Waals surface area contributed by atoms with Crippen molar-refractivity contribution in [1.29, 1.82) is 0 Å². The maximum atomic E-state index is 11.6. The quantitative estimate of drug-likeness (QED) is 0.552. The minimum atomic E-state index is -3.37. The molecule has 0 atom stereocenters. The maximum Gasteiger partial charge on any atom is 0.151 e. The molecule has 0 aliphatic heterocycles. The lowest BCUT2D eigenvalue weighted by molar-refractivity contribution is 0.319. The van der Waals surface area contributed by atoms with Gasteiger partial charge in [0.15, 0.2) is 9.84 Å². The first-order valence-electron chi connectivity index (χ1n) is 6.05. The van der Waals surface area contributed by atoms with Gasteiger partial charge >= 0.3 is 0 Å². The molecule has 6 nitrogen and oxygen atoms in total. The van der Waals surface area contributed by atoms with Crippen molar-refractivity contribution >= 4 is 25.4 Å². The summed E-state index contributed by atoms with van der Waals surface area (Å²) in [6.45, 7) is 0.215. The van der Waals surface area contributed by atoms with E-state index in [4.69, 9.17) is 10.5 Å². The third-order valence-corrected chi connectivity index (χ3v) is 5.48. The molecule has 1 aromatic rings. The van der Waals surface area contributed by atoms with Crippen molar-refractivity contribution in [3.05, 3.63) is 24.3 Å². The smallest absolute Gasteiger partial charge is 0.151 e. The number of sulfone groups is 2. The highest BCUT2D eigenvalue weighted by Crippen LogP contribution is 2.19. The van der Waals surface area contributed by atoms with E-state index in [-0.39, 0.29) is 23.9 Å². The maximum absolute atomic E-state index is 11.6. The van der Waals surface area contributed by atoms with Crippen LogP contribution in [0.5, 0.6) is 5.75 Å². The van der Waals surface area contributed by atoms with E-state index < -0.39 is 19.7 Å². The molecule has 0 aromatic heterocycles. The Labute approximate surface area is 119 Å². The normalized spacial score (nSPS) is 12.2. The van der Waals surface area contributed by atoms with E-state index in [1.807, 2.05) is 0 Å². The van der Waals surface area contributed by atoms with Crippen LogP contribution in [0.2, 0.25) is 0 Å². The fourth-order valence-electron chi connectivity index (χ4n) is 1.45. The number of rotatable bonds is 8. The van der Waals surface area contributed by atoms with Crippen molar-refractivity contribution in [1.82, 2.24) is 0 Å². The molecule has 114 valence electrons. The van der Waals surface area contributed by atoms with Crippen LogP contribution in [0.25, 0.3) is 0 Å². The van der Waals surface area contributed by atoms with Gasteiger partial charge in [0.1, 0.15) is 15.6 Å². The molecule has 1 rings (SSSR count). The van der Waals surface area contributed by atoms with Crippen molar-refractivity contribution < 1.29 is 21.6 Å². The van der Waals surface area contributed by atoms with Gasteiger partial charge in [-0.1, -0.05) is 12.1 Å². The van der Waals surface area contributed by atoms with Gasteiger partial charge in [0.25, 0.3) is 0 Å². The Morgan fingerprint density at radius 2 is 1.70 bits per heavy atom. The zero-order chi connectivity index (χ0) is 15.2. The van der Waals surface area contributed by atoms with E-state index in [2.05, 4.69) is 0 Å². The van der Waals surface area contributed by atoms with Gasteiger partial charge in [0.05, 0.1) is 29.6 Å². The lowest BCUT2D eigenvalue weighted by Crippen LogP contribution is -2.20. The number of hydrogen-bond acceptors (Lipinski definition) is 6. The van der Waals surface area contributed by atoms with Crippen LogP contribution in [0.4, 0.5) is 5.69 Å². The average Bonchev–Trinajstić information content (AvgIpc) is 2.34. The summed E-state index contributed by atoms with van der Waals surface area (Å²) in [6.07, 6.45) is 1.31. The molecule has 0 radical (unpaired) electrons. The SMILES string of the molecule is CS(=O)(=O)CCS(=O)(=O)CCCOc1ccccc1N. The summed E-state index contributed by atoms with van der Waals surface area (Å²) in [7, 11) is -6.63. The second-order valence-corrected chi connectivity index (χ2v) is 9.08. The van der Waals surface area contributed by atoms with Gasteiger partial charge < -0.3 is 10.5 Å². The zero-order valence-electron chi connectivity index (χ0n) is 11.3. The van der Waals surface area contributed by atoms with Gasteiger partial charge in [-0.25, -0.2) is 16.8 Å². The van der Waals surface area contributed by atoms with Crippen molar-refractivity contribution in [3.63, 3.8) is 0 Å². The highest BCUT2D eigenvalue weighted by Gasteiger charge is 2.14. The topological polar surface area (TPSA) is 104 Å². The highest BCUT2D eigenvalue weighted by atomic mass is 32.2. The van der Waals surface area contributed by atoms with Crippen LogP contribution >= 0.6 is 0 Å². The summed E-state index contributed by atoms with van der Waals surface area (Å²) < 4.78 is 50.4. The number of hydrogen-bond donors (Lipinski definition) is 1. The Kier molecular flexibility index (Phi) is 5.82. The Morgan fingerprint density at radius 3 is 2.30 bits per heavy atom. The van der Waals surface area contributed by atoms with E-state index in [1.165, 1.54) is 0 Å². The summed E-state index contributed by atoms with van der Waals surface area (Å²) in [5.74, 6) is -0.280. The minimum Gasteiger partial charge on any atom is -0.491 e. The first-order valence-corrected chi connectivity index (χ1v) is 9.93. The van der Waals surface area contributed by atoms with Crippen LogP contribution in [-0.4, -0.2) is 47.0 Å². The Hall–Kier alpha value is -1.28. The molecule has 20 heavy (non-hydrogen) atoms. The van der Waals surface area contributed by atoms with Crippen LogP contribution in [0.15, 0.2) is 24.3 Å². The third-order valence-electron chi connectivity index (χ3n) is 2.54. The van der Waals surface area contributed by atoms with Crippen molar-refractivity contribution in [3.8, 4) is 5.75 Å². The largest absolute Gasteiger partial charge is 0.491 e. The second kappa shape index (κ2) is 6.94. The van der Waals surface area contributed by atoms with Gasteiger partial charge in [-0.2, -0.15) is 0 Å². The van der Waals surface area contributed by atoms with Crippen LogP contribution in [-0.2, 0) is 19.7 Å². The summed E-state index contributed by atoms with van der Waals surface area (Å²) in [4.78, 5) is 0. The van der Waals surface area contributed by atoms with Crippen molar-refractivity contribution in [2.75, 3.05) is 35.9 Å². The predicted molar refractivity (Wildman–Crippen MR) is 79.3 cm³/mol. The Balaban J connectivity index is 2.35. The monoisotopic (exact) mass is 321 g/mol. The number of nitrogens with two attached hydrogens (primary N) is 1. The van der Waals surface area contributed by atoms with E-state index >= 15 is 0 Å². The summed E-state index contributed by atoms with van der Waals surface area (Å²) in [6, 6.07) is 6.94. The first-order chi connectivity index (χ1) is 9.20. The van der Waals surface area contributed by atoms with E-state index in [0.29, 0.717) is 17.9 Å². The molecule has 2 N–H and O–H groups in total. The molecular weight excluding hydrogens is 302 g/mol. The average molecular weight is 321 g/mol. The number of nitrogen functional groups attached to an aromatic ring is 1. The van der Waals surface area contributed by atoms with E-state index in [9.17, 15) is 16.8 Å². The molecule has 0 unspecified atom stereocenters. The molecular formula is C12H19NO5S2. The summed E-state index contributed by atoms with van der Waals surface area (Å²) >= 11 is 0. The third kappa shape index (κ3) is 6.76. The summed E-state index contributed by atoms with van der Waals surface area (Å²) in [5.41, 5.74) is 6.17. The highest BCUT2D eigenvalue weighted by molar-refractivity contribution is 7.94. The van der Waals surface area contributed by atoms with Crippen LogP contribution in [0, 0.1) is 0 Å². The van der Waals surface area contributed by atoms with Crippen LogP contribution in [0.1, 0.15) is 6.42 Å². The van der Waals surface area contributed by atoms with E-state index in [1.54, 1.807) is 24.3 Å². The molecule has 0 saturated heterocycles. The van der Waals surface area contributed by atoms with Crippen molar-refractivity contribution in [2.45, 2.75) is 6.42 Å². The van der Waals surface area contributed by atoms with Crippen molar-refractivity contribution in [2.24, 2.45) is 0 Å². The number of para-hydroxylation sites is 2. The lowest BCUT2D eigenvalue weighted by Gasteiger charge is -2.08. The van der Waals surface area contributed by atoms with Gasteiger partial charge in [-0.15, -0.1) is 0 Å². The first kappa shape index (κ1) is 16.8. The fourth-order valence-corrected chi connectivity index (χ4v) is 4.44. The molecule has 0 amide bonds. The van der Waals surface area contributed by atoms with Crippen LogP contribution in [0.3, 0.4) is 0 Å². The molecule has 0 saturated carbocycles. The van der Waals surface area contributed by atoms with Gasteiger partial charge in [-0.3, -0.25) is 0 Å². The molecule has 1 aromatic carbocycles. The number of ether oxygens (including phenoxy) is 1. The predicted octanol–water partition coefficient (Wildman–Crippen LogP) is 0.497. The molecule has 0 spiro atoms. The Morgan fingerprint density at radius 1 is 1.05 bits per heavy atom. The molecule has 0 bridgehead atoms. The standard InChI is InChI=1S/C12H19NO5S2/c1-19(14,15)9-10-20(16,17)8-4-7-18-12-6-3-2-5-11(12)13/h2-3,5-6H,4,7-10,13H2,1H3. The minimum absolute atomic E-state index is 0.102. The molecule has 8 heteroatoms. The molecule has 0 aliphatic carbocycles. The van der Waals surface area contributed by atoms with Crippen LogP contribution < -0.4 is 10.5 Å². The molecule has 0 fully saturated rings. The number of anilines is 1. The molecule has 0 aliphatic rings. The lowest BCUT2D eigenvalue weighted by atomic mass is 10.3. The van der Waals surface area contributed by atoms with Gasteiger partial charge in [0, 0.05) is 6.26 Å². The van der Waals surface area contributed by atoms with Gasteiger partial charge in [0.2, 0.25) is 0 Å². The second-order valence-electron chi connectivity index (χ2n) is 4.52. The summed E-state index contributed by atoms with van der Waals surface area (Å²) in [5, 5.41) is 0. The van der Waals surface area contributed by atoms with E-state index in [0.717, 1.165) is 6.26 Å². The van der Waals surface area contributed by atoms with Gasteiger partial charge in [-0.05, 0) is 18.6 Å². The zero-order valence-corrected chi connectivity index (χ0v) is 12.9.